The predicted octanol–water partition coefficient (Wildman–Crippen LogP) is 5.30. The molecule has 2 rings (SSSR count). The zero-order valence-electron chi connectivity index (χ0n) is 13.6. The summed E-state index contributed by atoms with van der Waals surface area (Å²) in [5.41, 5.74) is 2.30. The Balaban J connectivity index is 2.23. The van der Waals surface area contributed by atoms with E-state index in [1.54, 1.807) is 6.92 Å². The van der Waals surface area contributed by atoms with Gasteiger partial charge in [-0.1, -0.05) is 36.7 Å². The van der Waals surface area contributed by atoms with Gasteiger partial charge in [-0.25, -0.2) is 0 Å². The number of carbonyl (C=O) groups excluding carboxylic acids is 1. The van der Waals surface area contributed by atoms with Gasteiger partial charge in [0.05, 0.1) is 0 Å². The van der Waals surface area contributed by atoms with Crippen LogP contribution in [-0.4, -0.2) is 18.9 Å². The van der Waals surface area contributed by atoms with Crippen molar-refractivity contribution in [3.05, 3.63) is 28.2 Å². The van der Waals surface area contributed by atoms with Crippen LogP contribution in [0.1, 0.15) is 57.3 Å². The van der Waals surface area contributed by atoms with Crippen LogP contribution in [-0.2, 0) is 0 Å². The molecule has 1 saturated heterocycles. The molecule has 2 nitrogen and oxygen atoms in total. The second-order valence-corrected chi connectivity index (χ2v) is 8.11. The second kappa shape index (κ2) is 6.51. The lowest BCUT2D eigenvalue weighted by molar-refractivity contribution is 0.101. The molecule has 1 aliphatic rings. The number of Topliss-reactive ketones (excluding diaryl/α,β-unsaturated/α-hetero) is 1. The number of anilines is 1. The molecular weight excluding hydrogens is 326 g/mol. The van der Waals surface area contributed by atoms with Crippen LogP contribution >= 0.6 is 15.9 Å². The van der Waals surface area contributed by atoms with Gasteiger partial charge in [0.2, 0.25) is 0 Å². The van der Waals surface area contributed by atoms with Crippen LogP contribution < -0.4 is 4.90 Å². The van der Waals surface area contributed by atoms with Crippen LogP contribution in [0.4, 0.5) is 5.69 Å². The maximum Gasteiger partial charge on any atom is 0.161 e. The first-order valence-corrected chi connectivity index (χ1v) is 8.64. The molecule has 1 heterocycles. The van der Waals surface area contributed by atoms with Crippen LogP contribution in [0, 0.1) is 11.3 Å². The first kappa shape index (κ1) is 16.5. The van der Waals surface area contributed by atoms with Crippen LogP contribution in [0.3, 0.4) is 0 Å². The number of hydrogen-bond donors (Lipinski definition) is 0. The van der Waals surface area contributed by atoms with E-state index >= 15 is 0 Å². The third-order valence-electron chi connectivity index (χ3n) is 4.63. The number of nitrogens with zero attached hydrogens (tertiary/aromatic N) is 1. The molecule has 0 radical (unpaired) electrons. The fraction of sp³-hybridized carbons (Fsp3) is 0.611. The minimum absolute atomic E-state index is 0.147. The van der Waals surface area contributed by atoms with Crippen molar-refractivity contribution >= 4 is 27.4 Å². The first-order chi connectivity index (χ1) is 9.79. The number of halogens is 1. The largest absolute Gasteiger partial charge is 0.371 e. The van der Waals surface area contributed by atoms with Crippen LogP contribution in [0.15, 0.2) is 22.7 Å². The zero-order valence-corrected chi connectivity index (χ0v) is 15.2. The molecular formula is C18H26BrNO. The van der Waals surface area contributed by atoms with Gasteiger partial charge in [0.25, 0.3) is 0 Å². The molecule has 1 aromatic rings. The van der Waals surface area contributed by atoms with Crippen LogP contribution in [0.5, 0.6) is 0 Å². The Morgan fingerprint density at radius 3 is 2.57 bits per heavy atom. The maximum absolute atomic E-state index is 11.9. The van der Waals surface area contributed by atoms with E-state index in [-0.39, 0.29) is 5.78 Å². The maximum atomic E-state index is 11.9. The van der Waals surface area contributed by atoms with E-state index in [1.807, 2.05) is 12.1 Å². The Morgan fingerprint density at radius 1 is 1.24 bits per heavy atom. The molecule has 0 bridgehead atoms. The molecule has 0 aliphatic carbocycles. The van der Waals surface area contributed by atoms with Gasteiger partial charge in [-0.3, -0.25) is 4.79 Å². The quantitative estimate of drug-likeness (QED) is 0.673. The van der Waals surface area contributed by atoms with Crippen LogP contribution in [0.2, 0.25) is 0 Å². The Bertz CT molecular complexity index is 518. The van der Waals surface area contributed by atoms with Gasteiger partial charge in [0.15, 0.2) is 5.78 Å². The van der Waals surface area contributed by atoms with Gasteiger partial charge < -0.3 is 4.90 Å². The Labute approximate surface area is 137 Å². The summed E-state index contributed by atoms with van der Waals surface area (Å²) in [5.74, 6) is 0.907. The predicted molar refractivity (Wildman–Crippen MR) is 93.2 cm³/mol. The average molecular weight is 352 g/mol. The highest BCUT2D eigenvalue weighted by Crippen LogP contribution is 2.36. The molecule has 1 atom stereocenters. The number of carbonyl (C=O) groups is 1. The van der Waals surface area contributed by atoms with Crippen molar-refractivity contribution in [2.45, 2.75) is 47.0 Å². The van der Waals surface area contributed by atoms with Crippen molar-refractivity contribution in [2.24, 2.45) is 11.3 Å². The summed E-state index contributed by atoms with van der Waals surface area (Å²) < 4.78 is 1.04. The van der Waals surface area contributed by atoms with Crippen molar-refractivity contribution in [1.82, 2.24) is 0 Å². The van der Waals surface area contributed by atoms with Gasteiger partial charge in [-0.2, -0.15) is 0 Å². The Hall–Kier alpha value is -0.830. The Morgan fingerprint density at radius 2 is 1.95 bits per heavy atom. The molecule has 1 aromatic carbocycles. The average Bonchev–Trinajstić information content (AvgIpc) is 2.63. The monoisotopic (exact) mass is 351 g/mol. The molecule has 0 saturated carbocycles. The summed E-state index contributed by atoms with van der Waals surface area (Å²) in [5, 5.41) is 0. The molecule has 0 N–H and O–H groups in total. The van der Waals surface area contributed by atoms with Crippen molar-refractivity contribution in [2.75, 3.05) is 18.0 Å². The number of hydrogen-bond acceptors (Lipinski definition) is 2. The van der Waals surface area contributed by atoms with E-state index in [0.717, 1.165) is 34.7 Å². The lowest BCUT2D eigenvalue weighted by Crippen LogP contribution is -2.27. The molecule has 1 aliphatic heterocycles. The molecule has 21 heavy (non-hydrogen) atoms. The molecule has 0 amide bonds. The van der Waals surface area contributed by atoms with E-state index in [0.29, 0.717) is 5.41 Å². The van der Waals surface area contributed by atoms with E-state index < -0.39 is 0 Å². The van der Waals surface area contributed by atoms with Gasteiger partial charge in [-0.05, 0) is 55.7 Å². The van der Waals surface area contributed by atoms with Crippen molar-refractivity contribution < 1.29 is 4.79 Å². The summed E-state index contributed by atoms with van der Waals surface area (Å²) >= 11 is 3.54. The number of ketones is 1. The number of rotatable bonds is 2. The van der Waals surface area contributed by atoms with E-state index in [2.05, 4.69) is 47.7 Å². The summed E-state index contributed by atoms with van der Waals surface area (Å²) in [7, 11) is 0. The minimum Gasteiger partial charge on any atom is -0.371 e. The molecule has 1 fully saturated rings. The fourth-order valence-corrected chi connectivity index (χ4v) is 3.62. The van der Waals surface area contributed by atoms with Gasteiger partial charge in [-0.15, -0.1) is 0 Å². The normalized spacial score (nSPS) is 20.2. The smallest absolute Gasteiger partial charge is 0.161 e. The van der Waals surface area contributed by atoms with Crippen molar-refractivity contribution in [1.29, 1.82) is 0 Å². The highest BCUT2D eigenvalue weighted by Gasteiger charge is 2.27. The summed E-state index contributed by atoms with van der Waals surface area (Å²) in [6.07, 6.45) is 3.68. The molecule has 0 aromatic heterocycles. The van der Waals surface area contributed by atoms with Gasteiger partial charge in [0.1, 0.15) is 0 Å². The highest BCUT2D eigenvalue weighted by molar-refractivity contribution is 9.10. The molecule has 3 heteroatoms. The minimum atomic E-state index is 0.147. The SMILES string of the molecule is CC(=O)c1ccc(Br)cc1N1CCCC(C(C)(C)C)CC1. The lowest BCUT2D eigenvalue weighted by Gasteiger charge is -2.30. The summed E-state index contributed by atoms with van der Waals surface area (Å²) in [6, 6.07) is 5.98. The third kappa shape index (κ3) is 4.09. The van der Waals surface area contributed by atoms with Crippen LogP contribution in [0.25, 0.3) is 0 Å². The topological polar surface area (TPSA) is 20.3 Å². The third-order valence-corrected chi connectivity index (χ3v) is 5.13. The number of benzene rings is 1. The van der Waals surface area contributed by atoms with Gasteiger partial charge in [0, 0.05) is 28.8 Å². The molecule has 0 spiro atoms. The molecule has 116 valence electrons. The van der Waals surface area contributed by atoms with Crippen molar-refractivity contribution in [3.63, 3.8) is 0 Å². The van der Waals surface area contributed by atoms with Gasteiger partial charge >= 0.3 is 0 Å². The summed E-state index contributed by atoms with van der Waals surface area (Å²) in [6.45, 7) is 10.8. The van der Waals surface area contributed by atoms with Crippen molar-refractivity contribution in [3.8, 4) is 0 Å². The summed E-state index contributed by atoms with van der Waals surface area (Å²) in [4.78, 5) is 14.3. The van der Waals surface area contributed by atoms with E-state index in [9.17, 15) is 4.79 Å². The lowest BCUT2D eigenvalue weighted by atomic mass is 9.77. The zero-order chi connectivity index (χ0) is 15.6. The fourth-order valence-electron chi connectivity index (χ4n) is 3.27. The highest BCUT2D eigenvalue weighted by atomic mass is 79.9. The first-order valence-electron chi connectivity index (χ1n) is 7.84. The van der Waals surface area contributed by atoms with E-state index in [1.165, 1.54) is 19.3 Å². The Kier molecular flexibility index (Phi) is 5.13. The molecule has 1 unspecified atom stereocenters. The standard InChI is InChI=1S/C18H26BrNO/c1-13(21)16-8-7-15(19)12-17(16)20-10-5-6-14(9-11-20)18(2,3)4/h7-8,12,14H,5-6,9-11H2,1-4H3. The van der Waals surface area contributed by atoms with E-state index in [4.69, 9.17) is 0 Å². The second-order valence-electron chi connectivity index (χ2n) is 7.20.